The maximum absolute atomic E-state index is 14.3. The van der Waals surface area contributed by atoms with E-state index in [0.29, 0.717) is 27.7 Å². The number of benzene rings is 1. The first-order valence-corrected chi connectivity index (χ1v) is 9.93. The van der Waals surface area contributed by atoms with E-state index in [1.54, 1.807) is 20.0 Å². The zero-order valence-corrected chi connectivity index (χ0v) is 17.7. The number of aryl methyl sites for hydroxylation is 2. The van der Waals surface area contributed by atoms with Crippen LogP contribution in [0.3, 0.4) is 0 Å². The van der Waals surface area contributed by atoms with Gasteiger partial charge in [-0.25, -0.2) is 14.2 Å². The van der Waals surface area contributed by atoms with Crippen LogP contribution < -0.4 is 21.8 Å². The monoisotopic (exact) mass is 417 g/mol. The van der Waals surface area contributed by atoms with Crippen molar-refractivity contribution in [3.8, 4) is 5.75 Å². The first kappa shape index (κ1) is 22.3. The zero-order chi connectivity index (χ0) is 21.7. The summed E-state index contributed by atoms with van der Waals surface area (Å²) in [5, 5.41) is 1.22. The van der Waals surface area contributed by atoms with Crippen molar-refractivity contribution in [2.75, 3.05) is 13.3 Å². The highest BCUT2D eigenvalue weighted by Crippen LogP contribution is 2.30. The summed E-state index contributed by atoms with van der Waals surface area (Å²) in [5.41, 5.74) is 12.4. The molecule has 0 saturated carbocycles. The Kier molecular flexibility index (Phi) is 7.28. The maximum Gasteiger partial charge on any atom is 0.340 e. The average molecular weight is 418 g/mol. The van der Waals surface area contributed by atoms with E-state index in [1.807, 2.05) is 19.2 Å². The van der Waals surface area contributed by atoms with Gasteiger partial charge in [-0.2, -0.15) is 0 Å². The molecule has 0 spiro atoms. The van der Waals surface area contributed by atoms with Gasteiger partial charge in [0.2, 0.25) is 0 Å². The van der Waals surface area contributed by atoms with Crippen LogP contribution in [0, 0.1) is 13.8 Å². The molecule has 154 valence electrons. The van der Waals surface area contributed by atoms with Crippen molar-refractivity contribution >= 4 is 28.0 Å². The second-order valence-corrected chi connectivity index (χ2v) is 7.06. The fourth-order valence-corrected chi connectivity index (χ4v) is 3.19. The highest BCUT2D eigenvalue weighted by atomic mass is 32.2. The van der Waals surface area contributed by atoms with Crippen molar-refractivity contribution < 1.29 is 13.5 Å². The van der Waals surface area contributed by atoms with Gasteiger partial charge in [-0.15, -0.1) is 0 Å². The van der Waals surface area contributed by atoms with E-state index >= 15 is 0 Å². The van der Waals surface area contributed by atoms with Gasteiger partial charge >= 0.3 is 5.63 Å². The summed E-state index contributed by atoms with van der Waals surface area (Å²) in [6.45, 7) is 7.07. The molecule has 1 aromatic heterocycles. The number of ether oxygens (including phenoxy) is 1. The Morgan fingerprint density at radius 1 is 1.41 bits per heavy atom. The lowest BCUT2D eigenvalue weighted by Gasteiger charge is -2.13. The molecule has 1 aromatic carbocycles. The fraction of sp³-hybridized carbons (Fsp3) is 0.238. The Balaban J connectivity index is 2.62. The number of nitrogens with zero attached hydrogens (tertiary/aromatic N) is 1. The van der Waals surface area contributed by atoms with Gasteiger partial charge in [0.1, 0.15) is 17.2 Å². The Bertz CT molecular complexity index is 1100. The van der Waals surface area contributed by atoms with E-state index in [4.69, 9.17) is 20.6 Å². The standard InChI is InChI=1S/C21H24FN3O3S/c1-11-8-15-12(2)16(9-14(6-7-23)19(22)13(3)24)20(26)27-18(15)10-17(11)28-21(25-4)29-5/h6-8,10H,3,9,23-24H2,1-2,4-5H3/b7-6-,19-14-,25-21?. The Morgan fingerprint density at radius 3 is 2.66 bits per heavy atom. The minimum absolute atomic E-state index is 0.0315. The first-order valence-electron chi connectivity index (χ1n) is 8.70. The molecular weight excluding hydrogens is 393 g/mol. The molecule has 0 fully saturated rings. The molecule has 0 unspecified atom stereocenters. The van der Waals surface area contributed by atoms with Crippen molar-refractivity contribution in [2.45, 2.75) is 20.3 Å². The number of allylic oxidation sites excluding steroid dienone is 3. The molecule has 2 aromatic rings. The predicted octanol–water partition coefficient (Wildman–Crippen LogP) is 3.85. The van der Waals surface area contributed by atoms with Gasteiger partial charge < -0.3 is 20.6 Å². The lowest BCUT2D eigenvalue weighted by molar-refractivity contribution is 0.537. The highest BCUT2D eigenvalue weighted by molar-refractivity contribution is 8.13. The van der Waals surface area contributed by atoms with Crippen LogP contribution in [0.4, 0.5) is 4.39 Å². The average Bonchev–Trinajstić information content (AvgIpc) is 2.68. The first-order chi connectivity index (χ1) is 13.7. The molecule has 1 heterocycles. The Morgan fingerprint density at radius 2 is 2.10 bits per heavy atom. The lowest BCUT2D eigenvalue weighted by atomic mass is 9.97. The number of fused-ring (bicyclic) bond motifs is 1. The molecule has 0 aliphatic carbocycles. The number of thioether (sulfide) groups is 1. The second kappa shape index (κ2) is 9.47. The van der Waals surface area contributed by atoms with Crippen LogP contribution >= 0.6 is 11.8 Å². The predicted molar refractivity (Wildman–Crippen MR) is 118 cm³/mol. The van der Waals surface area contributed by atoms with E-state index < -0.39 is 11.5 Å². The summed E-state index contributed by atoms with van der Waals surface area (Å²) in [4.78, 5) is 16.7. The molecule has 0 bridgehead atoms. The van der Waals surface area contributed by atoms with E-state index in [-0.39, 0.29) is 17.7 Å². The van der Waals surface area contributed by atoms with Crippen molar-refractivity contribution in [1.29, 1.82) is 0 Å². The Hall–Kier alpha value is -3.00. The number of hydrogen-bond acceptors (Lipinski definition) is 7. The van der Waals surface area contributed by atoms with Crippen molar-refractivity contribution in [2.24, 2.45) is 16.5 Å². The number of nitrogens with two attached hydrogens (primary N) is 2. The molecule has 6 nitrogen and oxygen atoms in total. The van der Waals surface area contributed by atoms with Crippen LogP contribution in [0.25, 0.3) is 11.0 Å². The van der Waals surface area contributed by atoms with Gasteiger partial charge in [0.05, 0.1) is 5.70 Å². The third-order valence-corrected chi connectivity index (χ3v) is 4.98. The number of rotatable bonds is 5. The van der Waals surface area contributed by atoms with E-state index in [0.717, 1.165) is 10.9 Å². The topological polar surface area (TPSA) is 104 Å². The molecule has 2 rings (SSSR count). The normalized spacial score (nSPS) is 13.1. The summed E-state index contributed by atoms with van der Waals surface area (Å²) in [7, 11) is 1.63. The zero-order valence-electron chi connectivity index (χ0n) is 16.8. The Labute approximate surface area is 172 Å². The van der Waals surface area contributed by atoms with Crippen LogP contribution in [0.1, 0.15) is 16.7 Å². The summed E-state index contributed by atoms with van der Waals surface area (Å²) in [6.07, 6.45) is 4.36. The molecule has 4 N–H and O–H groups in total. The second-order valence-electron chi connectivity index (χ2n) is 6.30. The van der Waals surface area contributed by atoms with Crippen LogP contribution in [0.5, 0.6) is 5.75 Å². The van der Waals surface area contributed by atoms with Gasteiger partial charge in [0.15, 0.2) is 0 Å². The van der Waals surface area contributed by atoms with E-state index in [1.165, 1.54) is 24.0 Å². The molecule has 29 heavy (non-hydrogen) atoms. The van der Waals surface area contributed by atoms with Crippen LogP contribution in [-0.2, 0) is 6.42 Å². The third kappa shape index (κ3) is 4.89. The van der Waals surface area contributed by atoms with Gasteiger partial charge in [0, 0.05) is 30.5 Å². The quantitative estimate of drug-likeness (QED) is 0.331. The minimum atomic E-state index is -0.714. The fourth-order valence-electron chi connectivity index (χ4n) is 2.83. The lowest BCUT2D eigenvalue weighted by Crippen LogP contribution is -2.13. The maximum atomic E-state index is 14.3. The SMILES string of the molecule is C=C(N)/C(F)=C(\C=C/N)Cc1c(C)c2cc(C)c(OC(=NC)SC)cc2oc1=O. The molecule has 0 radical (unpaired) electrons. The summed E-state index contributed by atoms with van der Waals surface area (Å²) in [5.74, 6) is -0.172. The number of halogens is 1. The number of hydrogen-bond donors (Lipinski definition) is 2. The summed E-state index contributed by atoms with van der Waals surface area (Å²) in [6, 6.07) is 3.52. The van der Waals surface area contributed by atoms with Crippen LogP contribution in [0.15, 0.2) is 62.3 Å². The van der Waals surface area contributed by atoms with Crippen molar-refractivity contribution in [3.05, 3.63) is 75.2 Å². The minimum Gasteiger partial charge on any atom is -0.434 e. The van der Waals surface area contributed by atoms with Crippen LogP contribution in [0.2, 0.25) is 0 Å². The molecule has 0 aliphatic rings. The highest BCUT2D eigenvalue weighted by Gasteiger charge is 2.17. The molecule has 0 saturated heterocycles. The van der Waals surface area contributed by atoms with Gasteiger partial charge in [-0.1, -0.05) is 18.3 Å². The largest absolute Gasteiger partial charge is 0.434 e. The van der Waals surface area contributed by atoms with Crippen molar-refractivity contribution in [3.63, 3.8) is 0 Å². The third-order valence-electron chi connectivity index (χ3n) is 4.37. The van der Waals surface area contributed by atoms with Gasteiger partial charge in [0.25, 0.3) is 5.23 Å². The summed E-state index contributed by atoms with van der Waals surface area (Å²) >= 11 is 1.36. The smallest absolute Gasteiger partial charge is 0.340 e. The molecule has 0 atom stereocenters. The molecular formula is C21H24FN3O3S. The summed E-state index contributed by atoms with van der Waals surface area (Å²) < 4.78 is 25.6. The van der Waals surface area contributed by atoms with Gasteiger partial charge in [-0.05, 0) is 55.1 Å². The molecule has 8 heteroatoms. The molecule has 0 aliphatic heterocycles. The van der Waals surface area contributed by atoms with Crippen molar-refractivity contribution in [1.82, 2.24) is 0 Å². The van der Waals surface area contributed by atoms with Crippen LogP contribution in [-0.4, -0.2) is 18.5 Å². The van der Waals surface area contributed by atoms with E-state index in [9.17, 15) is 9.18 Å². The molecule has 0 amide bonds. The van der Waals surface area contributed by atoms with E-state index in [2.05, 4.69) is 11.6 Å². The number of aliphatic imine (C=N–C) groups is 1. The van der Waals surface area contributed by atoms with Gasteiger partial charge in [-0.3, -0.25) is 0 Å².